The number of rotatable bonds is 1. The van der Waals surface area contributed by atoms with E-state index in [1.54, 1.807) is 30.3 Å². The predicted molar refractivity (Wildman–Crippen MR) is 61.2 cm³/mol. The summed E-state index contributed by atoms with van der Waals surface area (Å²) in [7, 11) is 0. The van der Waals surface area contributed by atoms with Crippen molar-refractivity contribution in [2.24, 2.45) is 0 Å². The number of para-hydroxylation sites is 1. The van der Waals surface area contributed by atoms with Crippen LogP contribution in [0.1, 0.15) is 0 Å². The van der Waals surface area contributed by atoms with Crippen molar-refractivity contribution in [1.82, 2.24) is 0 Å². The minimum absolute atomic E-state index is 0.0782. The number of benzene rings is 2. The minimum Gasteiger partial charge on any atom is -0.507 e. The summed E-state index contributed by atoms with van der Waals surface area (Å²) in [6, 6.07) is 11.3. The molecule has 2 aromatic rings. The van der Waals surface area contributed by atoms with Gasteiger partial charge < -0.3 is 5.11 Å². The van der Waals surface area contributed by atoms with Crippen molar-refractivity contribution in [3.63, 3.8) is 0 Å². The zero-order chi connectivity index (χ0) is 10.8. The topological polar surface area (TPSA) is 20.2 Å². The Labute approximate surface area is 95.3 Å². The van der Waals surface area contributed by atoms with Gasteiger partial charge in [0, 0.05) is 15.6 Å². The Hall–Kier alpha value is -1.35. The van der Waals surface area contributed by atoms with Gasteiger partial charge >= 0.3 is 0 Å². The third kappa shape index (κ3) is 2.02. The Morgan fingerprint density at radius 2 is 1.73 bits per heavy atom. The standard InChI is InChI=1S/C12H8BrFO/c13-8-5-6-11(14)10(7-8)9-3-1-2-4-12(9)15/h1-7,15H. The van der Waals surface area contributed by atoms with Crippen molar-refractivity contribution in [2.45, 2.75) is 0 Å². The van der Waals surface area contributed by atoms with E-state index < -0.39 is 0 Å². The van der Waals surface area contributed by atoms with Crippen LogP contribution in [0.4, 0.5) is 4.39 Å². The highest BCUT2D eigenvalue weighted by atomic mass is 79.9. The van der Waals surface area contributed by atoms with Crippen molar-refractivity contribution >= 4 is 15.9 Å². The van der Waals surface area contributed by atoms with E-state index in [1.807, 2.05) is 0 Å². The first kappa shape index (κ1) is 10.2. The Kier molecular flexibility index (Phi) is 2.73. The number of hydrogen-bond acceptors (Lipinski definition) is 1. The van der Waals surface area contributed by atoms with Gasteiger partial charge in [-0.05, 0) is 24.3 Å². The van der Waals surface area contributed by atoms with Gasteiger partial charge in [-0.1, -0.05) is 34.1 Å². The molecule has 0 aliphatic rings. The van der Waals surface area contributed by atoms with Crippen molar-refractivity contribution in [1.29, 1.82) is 0 Å². The monoisotopic (exact) mass is 266 g/mol. The minimum atomic E-state index is -0.347. The number of phenols is 1. The zero-order valence-corrected chi connectivity index (χ0v) is 9.33. The third-order valence-electron chi connectivity index (χ3n) is 2.12. The summed E-state index contributed by atoms with van der Waals surface area (Å²) >= 11 is 3.27. The lowest BCUT2D eigenvalue weighted by Crippen LogP contribution is -1.84. The fraction of sp³-hybridized carbons (Fsp3) is 0. The zero-order valence-electron chi connectivity index (χ0n) is 7.74. The Morgan fingerprint density at radius 1 is 1.00 bits per heavy atom. The van der Waals surface area contributed by atoms with E-state index in [0.717, 1.165) is 4.47 Å². The van der Waals surface area contributed by atoms with Gasteiger partial charge in [0.05, 0.1) is 0 Å². The molecular formula is C12H8BrFO. The van der Waals surface area contributed by atoms with Crippen LogP contribution in [-0.2, 0) is 0 Å². The lowest BCUT2D eigenvalue weighted by atomic mass is 10.0. The molecule has 0 aromatic heterocycles. The first-order valence-corrected chi connectivity index (χ1v) is 5.21. The van der Waals surface area contributed by atoms with Crippen LogP contribution < -0.4 is 0 Å². The molecule has 0 fully saturated rings. The van der Waals surface area contributed by atoms with Crippen LogP contribution in [0.25, 0.3) is 11.1 Å². The second-order valence-corrected chi connectivity index (χ2v) is 4.06. The van der Waals surface area contributed by atoms with Crippen LogP contribution in [0.2, 0.25) is 0 Å². The third-order valence-corrected chi connectivity index (χ3v) is 2.62. The van der Waals surface area contributed by atoms with Crippen molar-refractivity contribution in [3.05, 3.63) is 52.8 Å². The van der Waals surface area contributed by atoms with Gasteiger partial charge in [0.25, 0.3) is 0 Å². The molecule has 0 spiro atoms. The highest BCUT2D eigenvalue weighted by molar-refractivity contribution is 9.10. The van der Waals surface area contributed by atoms with E-state index >= 15 is 0 Å². The lowest BCUT2D eigenvalue weighted by Gasteiger charge is -2.06. The average Bonchev–Trinajstić information content (AvgIpc) is 2.23. The molecule has 0 bridgehead atoms. The largest absolute Gasteiger partial charge is 0.507 e. The van der Waals surface area contributed by atoms with Crippen LogP contribution in [0.5, 0.6) is 5.75 Å². The molecule has 0 unspecified atom stereocenters. The van der Waals surface area contributed by atoms with E-state index in [0.29, 0.717) is 11.1 Å². The van der Waals surface area contributed by atoms with Gasteiger partial charge in [-0.15, -0.1) is 0 Å². The van der Waals surface area contributed by atoms with Gasteiger partial charge in [-0.25, -0.2) is 4.39 Å². The molecule has 1 N–H and O–H groups in total. The van der Waals surface area contributed by atoms with Crippen LogP contribution in [-0.4, -0.2) is 5.11 Å². The first-order valence-electron chi connectivity index (χ1n) is 4.42. The fourth-order valence-corrected chi connectivity index (χ4v) is 1.77. The Morgan fingerprint density at radius 3 is 2.47 bits per heavy atom. The van der Waals surface area contributed by atoms with Gasteiger partial charge in [0.1, 0.15) is 11.6 Å². The molecule has 0 aliphatic carbocycles. The van der Waals surface area contributed by atoms with Crippen molar-refractivity contribution in [3.8, 4) is 16.9 Å². The summed E-state index contributed by atoms with van der Waals surface area (Å²) in [5.74, 6) is -0.269. The van der Waals surface area contributed by atoms with Gasteiger partial charge in [0.2, 0.25) is 0 Å². The van der Waals surface area contributed by atoms with E-state index in [4.69, 9.17) is 0 Å². The molecule has 0 heterocycles. The number of halogens is 2. The molecule has 0 atom stereocenters. The van der Waals surface area contributed by atoms with Crippen molar-refractivity contribution in [2.75, 3.05) is 0 Å². The highest BCUT2D eigenvalue weighted by Gasteiger charge is 2.08. The van der Waals surface area contributed by atoms with Crippen LogP contribution in [0.3, 0.4) is 0 Å². The normalized spacial score (nSPS) is 10.3. The predicted octanol–water partition coefficient (Wildman–Crippen LogP) is 3.96. The molecule has 1 nitrogen and oxygen atoms in total. The summed E-state index contributed by atoms with van der Waals surface area (Å²) in [6.45, 7) is 0. The molecule has 76 valence electrons. The van der Waals surface area contributed by atoms with Crippen LogP contribution in [0.15, 0.2) is 46.9 Å². The van der Waals surface area contributed by atoms with Gasteiger partial charge in [-0.2, -0.15) is 0 Å². The Bertz CT molecular complexity index is 497. The fourth-order valence-electron chi connectivity index (χ4n) is 1.41. The van der Waals surface area contributed by atoms with E-state index in [9.17, 15) is 9.50 Å². The molecule has 0 aliphatic heterocycles. The second-order valence-electron chi connectivity index (χ2n) is 3.14. The van der Waals surface area contributed by atoms with Gasteiger partial charge in [-0.3, -0.25) is 0 Å². The summed E-state index contributed by atoms with van der Waals surface area (Å²) in [4.78, 5) is 0. The number of phenolic OH excluding ortho intramolecular Hbond substituents is 1. The Balaban J connectivity index is 2.64. The first-order chi connectivity index (χ1) is 7.18. The number of aromatic hydroxyl groups is 1. The second kappa shape index (κ2) is 4.03. The molecule has 15 heavy (non-hydrogen) atoms. The summed E-state index contributed by atoms with van der Waals surface area (Å²) in [5.41, 5.74) is 0.888. The molecule has 0 radical (unpaired) electrons. The maximum atomic E-state index is 13.5. The maximum absolute atomic E-state index is 13.5. The molecule has 3 heteroatoms. The molecule has 2 rings (SSSR count). The van der Waals surface area contributed by atoms with E-state index in [-0.39, 0.29) is 11.6 Å². The molecule has 2 aromatic carbocycles. The molecular weight excluding hydrogens is 259 g/mol. The smallest absolute Gasteiger partial charge is 0.131 e. The summed E-state index contributed by atoms with van der Waals surface area (Å²) in [6.07, 6.45) is 0. The lowest BCUT2D eigenvalue weighted by molar-refractivity contribution is 0.476. The molecule has 0 saturated heterocycles. The summed E-state index contributed by atoms with van der Waals surface area (Å²) in [5, 5.41) is 9.60. The SMILES string of the molecule is Oc1ccccc1-c1cc(Br)ccc1F. The molecule has 0 amide bonds. The highest BCUT2D eigenvalue weighted by Crippen LogP contribution is 2.32. The average molecular weight is 267 g/mol. The quantitative estimate of drug-likeness (QED) is 0.829. The van der Waals surface area contributed by atoms with Crippen LogP contribution in [0, 0.1) is 5.82 Å². The summed E-state index contributed by atoms with van der Waals surface area (Å²) < 4.78 is 14.3. The van der Waals surface area contributed by atoms with E-state index in [1.165, 1.54) is 12.1 Å². The maximum Gasteiger partial charge on any atom is 0.131 e. The van der Waals surface area contributed by atoms with Crippen molar-refractivity contribution < 1.29 is 9.50 Å². The van der Waals surface area contributed by atoms with E-state index in [2.05, 4.69) is 15.9 Å². The van der Waals surface area contributed by atoms with Gasteiger partial charge in [0.15, 0.2) is 0 Å². The molecule has 0 saturated carbocycles. The van der Waals surface area contributed by atoms with Crippen LogP contribution >= 0.6 is 15.9 Å². The number of hydrogen-bond donors (Lipinski definition) is 1.